The van der Waals surface area contributed by atoms with Gasteiger partial charge in [0.25, 0.3) is 0 Å². The third kappa shape index (κ3) is 2.76. The summed E-state index contributed by atoms with van der Waals surface area (Å²) in [6, 6.07) is 0. The number of carbonyl (C=O) groups is 1. The van der Waals surface area contributed by atoms with Crippen LogP contribution in [0.4, 0.5) is 0 Å². The van der Waals surface area contributed by atoms with Gasteiger partial charge in [0.2, 0.25) is 5.91 Å². The summed E-state index contributed by atoms with van der Waals surface area (Å²) in [5, 5.41) is 5.67. The van der Waals surface area contributed by atoms with E-state index >= 15 is 0 Å². The Morgan fingerprint density at radius 3 is 3.00 bits per heavy atom. The van der Waals surface area contributed by atoms with Crippen LogP contribution in [0.5, 0.6) is 0 Å². The molecule has 3 N–H and O–H groups in total. The quantitative estimate of drug-likeness (QED) is 0.804. The molecule has 5 heteroatoms. The fourth-order valence-electron chi connectivity index (χ4n) is 1.70. The highest BCUT2D eigenvalue weighted by Gasteiger charge is 2.34. The minimum atomic E-state index is -0.229. The number of rotatable bonds is 4. The fraction of sp³-hybridized carbons (Fsp3) is 0.600. The van der Waals surface area contributed by atoms with Crippen LogP contribution in [0.3, 0.4) is 0 Å². The molecule has 1 aromatic heterocycles. The lowest BCUT2D eigenvalue weighted by Gasteiger charge is -2.37. The normalized spacial score (nSPS) is 18.2. The Labute approximate surface area is 92.9 Å². The Morgan fingerprint density at radius 2 is 2.47 bits per heavy atom. The summed E-state index contributed by atoms with van der Waals surface area (Å²) in [5.74, 6) is 0.0346. The first kappa shape index (κ1) is 10.6. The monoisotopic (exact) mass is 225 g/mol. The van der Waals surface area contributed by atoms with Crippen molar-refractivity contribution in [2.45, 2.75) is 37.8 Å². The Balaban J connectivity index is 1.73. The summed E-state index contributed by atoms with van der Waals surface area (Å²) in [6.07, 6.45) is 5.27. The Bertz CT molecular complexity index is 332. The third-order valence-corrected chi connectivity index (χ3v) is 3.56. The minimum absolute atomic E-state index is 0.0346. The van der Waals surface area contributed by atoms with Gasteiger partial charge in [-0.1, -0.05) is 0 Å². The van der Waals surface area contributed by atoms with E-state index in [0.29, 0.717) is 13.0 Å². The number of hydrogen-bond acceptors (Lipinski definition) is 4. The lowest BCUT2D eigenvalue weighted by molar-refractivity contribution is -0.123. The molecular weight excluding hydrogens is 210 g/mol. The predicted molar refractivity (Wildman–Crippen MR) is 59.3 cm³/mol. The maximum absolute atomic E-state index is 11.5. The molecule has 1 aromatic rings. The van der Waals surface area contributed by atoms with E-state index in [9.17, 15) is 4.79 Å². The molecule has 0 radical (unpaired) electrons. The number of nitrogens with two attached hydrogens (primary N) is 1. The molecule has 15 heavy (non-hydrogen) atoms. The van der Waals surface area contributed by atoms with Crippen LogP contribution in [0.1, 0.15) is 30.7 Å². The second-order valence-electron chi connectivity index (χ2n) is 4.10. The highest BCUT2D eigenvalue weighted by atomic mass is 32.1. The van der Waals surface area contributed by atoms with Crippen LogP contribution in [0.2, 0.25) is 0 Å². The van der Waals surface area contributed by atoms with Gasteiger partial charge in [-0.3, -0.25) is 4.79 Å². The summed E-state index contributed by atoms with van der Waals surface area (Å²) in [4.78, 5) is 15.6. The van der Waals surface area contributed by atoms with Gasteiger partial charge in [-0.15, -0.1) is 11.3 Å². The lowest BCUT2D eigenvalue weighted by atomic mass is 9.75. The van der Waals surface area contributed by atoms with Gasteiger partial charge < -0.3 is 11.1 Å². The van der Waals surface area contributed by atoms with Crippen molar-refractivity contribution >= 4 is 17.2 Å². The second-order valence-corrected chi connectivity index (χ2v) is 5.07. The van der Waals surface area contributed by atoms with Crippen LogP contribution in [0, 0.1) is 0 Å². The fourth-order valence-corrected chi connectivity index (χ4v) is 2.26. The molecule has 0 atom stereocenters. The van der Waals surface area contributed by atoms with E-state index in [2.05, 4.69) is 10.3 Å². The van der Waals surface area contributed by atoms with E-state index in [1.807, 2.05) is 5.38 Å². The summed E-state index contributed by atoms with van der Waals surface area (Å²) in [6.45, 7) is 0.520. The van der Waals surface area contributed by atoms with E-state index < -0.39 is 0 Å². The average Bonchev–Trinajstić information content (AvgIpc) is 2.64. The van der Waals surface area contributed by atoms with Crippen molar-refractivity contribution in [3.63, 3.8) is 0 Å². The number of hydrogen-bond donors (Lipinski definition) is 2. The molecular formula is C10H15N3OS. The largest absolute Gasteiger partial charge is 0.350 e. The average molecular weight is 225 g/mol. The van der Waals surface area contributed by atoms with Gasteiger partial charge in [0.15, 0.2) is 0 Å². The molecule has 2 rings (SSSR count). The van der Waals surface area contributed by atoms with Gasteiger partial charge >= 0.3 is 0 Å². The zero-order valence-electron chi connectivity index (χ0n) is 8.53. The van der Waals surface area contributed by atoms with Crippen LogP contribution in [0.25, 0.3) is 0 Å². The van der Waals surface area contributed by atoms with Gasteiger partial charge in [-0.05, 0) is 19.3 Å². The lowest BCUT2D eigenvalue weighted by Crippen LogP contribution is -2.49. The Kier molecular flexibility index (Phi) is 3.02. The highest BCUT2D eigenvalue weighted by Crippen LogP contribution is 2.31. The first-order valence-corrected chi connectivity index (χ1v) is 6.00. The Hall–Kier alpha value is -0.940. The van der Waals surface area contributed by atoms with Gasteiger partial charge in [-0.2, -0.15) is 0 Å². The molecule has 1 aliphatic rings. The molecule has 0 bridgehead atoms. The molecule has 1 aliphatic carbocycles. The maximum Gasteiger partial charge on any atom is 0.222 e. The van der Waals surface area contributed by atoms with Gasteiger partial charge in [-0.25, -0.2) is 4.98 Å². The van der Waals surface area contributed by atoms with Crippen molar-refractivity contribution in [2.24, 2.45) is 5.73 Å². The summed E-state index contributed by atoms with van der Waals surface area (Å²) in [5.41, 5.74) is 5.75. The second kappa shape index (κ2) is 4.28. The van der Waals surface area contributed by atoms with E-state index in [0.717, 1.165) is 24.3 Å². The van der Waals surface area contributed by atoms with Crippen molar-refractivity contribution in [1.82, 2.24) is 10.3 Å². The summed E-state index contributed by atoms with van der Waals surface area (Å²) in [7, 11) is 0. The first-order valence-electron chi connectivity index (χ1n) is 5.12. The topological polar surface area (TPSA) is 68.0 Å². The van der Waals surface area contributed by atoms with Crippen LogP contribution in [0.15, 0.2) is 11.6 Å². The predicted octanol–water partition coefficient (Wildman–Crippen LogP) is 1.03. The summed E-state index contributed by atoms with van der Waals surface area (Å²) < 4.78 is 0. The molecule has 1 saturated carbocycles. The zero-order valence-corrected chi connectivity index (χ0v) is 9.35. The summed E-state index contributed by atoms with van der Waals surface area (Å²) >= 11 is 1.55. The Morgan fingerprint density at radius 1 is 1.67 bits per heavy atom. The molecule has 1 amide bonds. The van der Waals surface area contributed by atoms with Crippen LogP contribution in [-0.4, -0.2) is 16.4 Å². The van der Waals surface area contributed by atoms with Crippen molar-refractivity contribution in [1.29, 1.82) is 0 Å². The number of thiazole rings is 1. The number of nitrogens with zero attached hydrogens (tertiary/aromatic N) is 1. The SMILES string of the molecule is NC1(CC(=O)NCc2nccs2)CCC1. The maximum atomic E-state index is 11.5. The highest BCUT2D eigenvalue weighted by molar-refractivity contribution is 7.09. The zero-order chi connectivity index (χ0) is 10.7. The number of amides is 1. The molecule has 0 saturated heterocycles. The molecule has 0 aromatic carbocycles. The van der Waals surface area contributed by atoms with Gasteiger partial charge in [0, 0.05) is 23.5 Å². The van der Waals surface area contributed by atoms with Crippen LogP contribution < -0.4 is 11.1 Å². The van der Waals surface area contributed by atoms with Crippen molar-refractivity contribution in [3.05, 3.63) is 16.6 Å². The third-order valence-electron chi connectivity index (χ3n) is 2.78. The van der Waals surface area contributed by atoms with Crippen molar-refractivity contribution < 1.29 is 4.79 Å². The molecule has 1 fully saturated rings. The molecule has 82 valence electrons. The standard InChI is InChI=1S/C10H15N3OS/c11-10(2-1-3-10)6-8(14)13-7-9-12-4-5-15-9/h4-5H,1-3,6-7,11H2,(H,13,14). The number of carbonyl (C=O) groups excluding carboxylic acids is 1. The van der Waals surface area contributed by atoms with Crippen LogP contribution in [-0.2, 0) is 11.3 Å². The van der Waals surface area contributed by atoms with Crippen molar-refractivity contribution in [2.75, 3.05) is 0 Å². The molecule has 1 heterocycles. The van der Waals surface area contributed by atoms with Gasteiger partial charge in [0.1, 0.15) is 5.01 Å². The smallest absolute Gasteiger partial charge is 0.222 e. The van der Waals surface area contributed by atoms with Gasteiger partial charge in [0.05, 0.1) is 6.54 Å². The molecule has 0 unspecified atom stereocenters. The molecule has 0 aliphatic heterocycles. The number of aromatic nitrogens is 1. The first-order chi connectivity index (χ1) is 7.18. The number of nitrogens with one attached hydrogen (secondary N) is 1. The van der Waals surface area contributed by atoms with E-state index in [4.69, 9.17) is 5.73 Å². The minimum Gasteiger partial charge on any atom is -0.350 e. The molecule has 4 nitrogen and oxygen atoms in total. The van der Waals surface area contributed by atoms with E-state index in [1.165, 1.54) is 0 Å². The molecule has 0 spiro atoms. The van der Waals surface area contributed by atoms with E-state index in [1.54, 1.807) is 17.5 Å². The van der Waals surface area contributed by atoms with Crippen LogP contribution >= 0.6 is 11.3 Å². The van der Waals surface area contributed by atoms with E-state index in [-0.39, 0.29) is 11.4 Å². The van der Waals surface area contributed by atoms with Crippen molar-refractivity contribution in [3.8, 4) is 0 Å².